The zero-order valence-corrected chi connectivity index (χ0v) is 10.0. The van der Waals surface area contributed by atoms with Crippen molar-refractivity contribution >= 4 is 10.8 Å². The minimum absolute atomic E-state index is 0.403. The third-order valence-corrected chi connectivity index (χ3v) is 3.98. The van der Waals surface area contributed by atoms with Gasteiger partial charge in [-0.2, -0.15) is 0 Å². The van der Waals surface area contributed by atoms with Gasteiger partial charge in [-0.25, -0.2) is 0 Å². The van der Waals surface area contributed by atoms with Gasteiger partial charge < -0.3 is 5.11 Å². The van der Waals surface area contributed by atoms with E-state index in [9.17, 15) is 5.11 Å². The number of aromatic hydroxyl groups is 1. The van der Waals surface area contributed by atoms with Crippen LogP contribution in [0, 0.1) is 0 Å². The smallest absolute Gasteiger partial charge is 0.123 e. The molecule has 0 bridgehead atoms. The van der Waals surface area contributed by atoms with Crippen molar-refractivity contribution in [1.82, 2.24) is 0 Å². The molecule has 1 saturated carbocycles. The maximum Gasteiger partial charge on any atom is 0.123 e. The molecule has 2 aromatic carbocycles. The van der Waals surface area contributed by atoms with Crippen LogP contribution in [0.25, 0.3) is 10.8 Å². The fourth-order valence-corrected chi connectivity index (χ4v) is 3.08. The van der Waals surface area contributed by atoms with Crippen LogP contribution in [0.3, 0.4) is 0 Å². The van der Waals surface area contributed by atoms with E-state index < -0.39 is 0 Å². The van der Waals surface area contributed by atoms with Crippen LogP contribution < -0.4 is 0 Å². The molecule has 0 unspecified atom stereocenters. The molecule has 0 spiro atoms. The van der Waals surface area contributed by atoms with Crippen molar-refractivity contribution in [3.8, 4) is 5.75 Å². The lowest BCUT2D eigenvalue weighted by molar-refractivity contribution is 0.444. The van der Waals surface area contributed by atoms with Crippen molar-refractivity contribution in [3.63, 3.8) is 0 Å². The van der Waals surface area contributed by atoms with E-state index in [1.165, 1.54) is 43.1 Å². The highest BCUT2D eigenvalue weighted by Gasteiger charge is 2.18. The van der Waals surface area contributed by atoms with Gasteiger partial charge in [0.15, 0.2) is 0 Å². The van der Waals surface area contributed by atoms with Crippen LogP contribution in [0.5, 0.6) is 5.75 Å². The molecule has 2 aromatic rings. The van der Waals surface area contributed by atoms with Crippen LogP contribution in [0.4, 0.5) is 0 Å². The van der Waals surface area contributed by atoms with Crippen molar-refractivity contribution in [2.24, 2.45) is 0 Å². The molecule has 0 aliphatic heterocycles. The number of hydrogen-bond acceptors (Lipinski definition) is 1. The molecule has 1 aliphatic carbocycles. The number of phenols is 1. The van der Waals surface area contributed by atoms with E-state index in [0.29, 0.717) is 11.7 Å². The summed E-state index contributed by atoms with van der Waals surface area (Å²) in [5, 5.41) is 12.1. The third-order valence-electron chi connectivity index (χ3n) is 3.98. The largest absolute Gasteiger partial charge is 0.507 e. The predicted molar refractivity (Wildman–Crippen MR) is 71.4 cm³/mol. The number of rotatable bonds is 1. The first-order valence-electron chi connectivity index (χ1n) is 6.57. The van der Waals surface area contributed by atoms with Crippen molar-refractivity contribution < 1.29 is 5.11 Å². The first-order chi connectivity index (χ1) is 8.36. The molecule has 3 rings (SSSR count). The van der Waals surface area contributed by atoms with Crippen LogP contribution in [0.1, 0.15) is 43.6 Å². The average molecular weight is 226 g/mol. The molecule has 17 heavy (non-hydrogen) atoms. The summed E-state index contributed by atoms with van der Waals surface area (Å²) in [4.78, 5) is 0. The second-order valence-corrected chi connectivity index (χ2v) is 5.05. The monoisotopic (exact) mass is 226 g/mol. The Kier molecular flexibility index (Phi) is 2.76. The number of hydrogen-bond donors (Lipinski definition) is 1. The first-order valence-corrected chi connectivity index (χ1v) is 6.57. The highest BCUT2D eigenvalue weighted by molar-refractivity contribution is 5.91. The topological polar surface area (TPSA) is 20.2 Å². The van der Waals surface area contributed by atoms with Crippen LogP contribution in [-0.2, 0) is 0 Å². The van der Waals surface area contributed by atoms with E-state index in [4.69, 9.17) is 0 Å². The van der Waals surface area contributed by atoms with Gasteiger partial charge in [-0.1, -0.05) is 49.6 Å². The minimum atomic E-state index is 0.403. The number of phenolic OH excluding ortho intramolecular Hbond substituents is 1. The van der Waals surface area contributed by atoms with Crippen LogP contribution in [0.15, 0.2) is 36.4 Å². The Morgan fingerprint density at radius 3 is 2.29 bits per heavy atom. The van der Waals surface area contributed by atoms with E-state index in [2.05, 4.69) is 18.2 Å². The molecule has 1 N–H and O–H groups in total. The highest BCUT2D eigenvalue weighted by Crippen LogP contribution is 2.38. The van der Waals surface area contributed by atoms with Gasteiger partial charge in [0.25, 0.3) is 0 Å². The van der Waals surface area contributed by atoms with E-state index in [-0.39, 0.29) is 0 Å². The van der Waals surface area contributed by atoms with Crippen LogP contribution in [0.2, 0.25) is 0 Å². The number of benzene rings is 2. The molecule has 1 aliphatic rings. The molecule has 0 amide bonds. The van der Waals surface area contributed by atoms with Crippen molar-refractivity contribution in [2.45, 2.75) is 38.0 Å². The third kappa shape index (κ3) is 1.90. The summed E-state index contributed by atoms with van der Waals surface area (Å²) in [5.41, 5.74) is 1.43. The second kappa shape index (κ2) is 4.40. The Balaban J connectivity index is 2.12. The molecule has 1 heteroatoms. The standard InChI is InChI=1S/C16H18O/c17-16-11-10-13(12-6-2-1-3-7-12)14-8-4-5-9-15(14)16/h4-5,8-12,17H,1-3,6-7H2. The summed E-state index contributed by atoms with van der Waals surface area (Å²) in [7, 11) is 0. The van der Waals surface area contributed by atoms with Gasteiger partial charge in [-0.3, -0.25) is 0 Å². The molecule has 0 atom stereocenters. The summed E-state index contributed by atoms with van der Waals surface area (Å²) >= 11 is 0. The highest BCUT2D eigenvalue weighted by atomic mass is 16.3. The molecular weight excluding hydrogens is 208 g/mol. The van der Waals surface area contributed by atoms with E-state index in [1.54, 1.807) is 0 Å². The molecule has 0 saturated heterocycles. The van der Waals surface area contributed by atoms with Crippen LogP contribution >= 0.6 is 0 Å². The SMILES string of the molecule is Oc1ccc(C2CCCCC2)c2ccccc12. The average Bonchev–Trinajstić information content (AvgIpc) is 2.41. The Morgan fingerprint density at radius 1 is 0.824 bits per heavy atom. The van der Waals surface area contributed by atoms with Gasteiger partial charge in [0, 0.05) is 5.39 Å². The minimum Gasteiger partial charge on any atom is -0.507 e. The molecule has 88 valence electrons. The Morgan fingerprint density at radius 2 is 1.53 bits per heavy atom. The molecule has 1 fully saturated rings. The fraction of sp³-hybridized carbons (Fsp3) is 0.375. The van der Waals surface area contributed by atoms with Gasteiger partial charge in [0.1, 0.15) is 5.75 Å². The number of fused-ring (bicyclic) bond motifs is 1. The van der Waals surface area contributed by atoms with E-state index in [1.807, 2.05) is 18.2 Å². The quantitative estimate of drug-likeness (QED) is 0.753. The molecule has 0 heterocycles. The van der Waals surface area contributed by atoms with Gasteiger partial charge in [0.2, 0.25) is 0 Å². The lowest BCUT2D eigenvalue weighted by atomic mass is 9.82. The maximum absolute atomic E-state index is 9.89. The lowest BCUT2D eigenvalue weighted by Gasteiger charge is -2.23. The zero-order chi connectivity index (χ0) is 11.7. The predicted octanol–water partition coefficient (Wildman–Crippen LogP) is 4.59. The summed E-state index contributed by atoms with van der Waals surface area (Å²) in [5.74, 6) is 1.09. The Hall–Kier alpha value is -1.50. The van der Waals surface area contributed by atoms with E-state index in [0.717, 1.165) is 5.39 Å². The van der Waals surface area contributed by atoms with E-state index >= 15 is 0 Å². The van der Waals surface area contributed by atoms with Crippen molar-refractivity contribution in [2.75, 3.05) is 0 Å². The van der Waals surface area contributed by atoms with Gasteiger partial charge >= 0.3 is 0 Å². The summed E-state index contributed by atoms with van der Waals surface area (Å²) in [6.45, 7) is 0. The Labute approximate surface area is 102 Å². The molecule has 0 aromatic heterocycles. The zero-order valence-electron chi connectivity index (χ0n) is 10.0. The first kappa shape index (κ1) is 10.6. The van der Waals surface area contributed by atoms with Crippen LogP contribution in [-0.4, -0.2) is 5.11 Å². The lowest BCUT2D eigenvalue weighted by Crippen LogP contribution is -2.04. The fourth-order valence-electron chi connectivity index (χ4n) is 3.08. The van der Waals surface area contributed by atoms with Gasteiger partial charge in [-0.05, 0) is 35.8 Å². The van der Waals surface area contributed by atoms with Crippen molar-refractivity contribution in [1.29, 1.82) is 0 Å². The normalized spacial score (nSPS) is 17.4. The second-order valence-electron chi connectivity index (χ2n) is 5.05. The molecule has 0 radical (unpaired) electrons. The van der Waals surface area contributed by atoms with Gasteiger partial charge in [0.05, 0.1) is 0 Å². The summed E-state index contributed by atoms with van der Waals surface area (Å²) in [6, 6.07) is 12.2. The molecule has 1 nitrogen and oxygen atoms in total. The van der Waals surface area contributed by atoms with Crippen molar-refractivity contribution in [3.05, 3.63) is 42.0 Å². The maximum atomic E-state index is 9.89. The summed E-state index contributed by atoms with van der Waals surface area (Å²) < 4.78 is 0. The van der Waals surface area contributed by atoms with Gasteiger partial charge in [-0.15, -0.1) is 0 Å². The molecular formula is C16H18O. The Bertz CT molecular complexity index is 524. The summed E-state index contributed by atoms with van der Waals surface area (Å²) in [6.07, 6.45) is 6.68.